The molecule has 4 fully saturated rings. The maximum Gasteiger partial charge on any atom is 0.184 e. The first-order chi connectivity index (χ1) is 12.2. The zero-order chi connectivity index (χ0) is 18.7. The predicted octanol–water partition coefficient (Wildman–Crippen LogP) is 7.28. The standard InChI is InChI=1S/C24H44OSi/c1-7-17-12-14-20-19-13-11-18-10-8-9-15-23(18,2)22(19)21(16-24(17,20)3)25-26(4,5)6/h17-22H,7-16H2,1-6H3/t17-,18+,19?,20?,21-,22?,23-,24+/m1/s1. The van der Waals surface area contributed by atoms with Crippen LogP contribution >= 0.6 is 0 Å². The molecule has 3 unspecified atom stereocenters. The van der Waals surface area contributed by atoms with Crippen LogP contribution in [-0.4, -0.2) is 14.4 Å². The lowest BCUT2D eigenvalue weighted by Gasteiger charge is -2.63. The van der Waals surface area contributed by atoms with Crippen LogP contribution in [0, 0.1) is 40.4 Å². The van der Waals surface area contributed by atoms with Crippen LogP contribution in [0.5, 0.6) is 0 Å². The molecule has 0 amide bonds. The number of hydrogen-bond donors (Lipinski definition) is 0. The second-order valence-corrected chi connectivity index (χ2v) is 16.4. The van der Waals surface area contributed by atoms with Crippen molar-refractivity contribution >= 4 is 8.32 Å². The van der Waals surface area contributed by atoms with Gasteiger partial charge < -0.3 is 4.43 Å². The normalized spacial score (nSPS) is 51.5. The van der Waals surface area contributed by atoms with E-state index in [9.17, 15) is 0 Å². The van der Waals surface area contributed by atoms with Gasteiger partial charge in [-0.2, -0.15) is 0 Å². The van der Waals surface area contributed by atoms with Crippen molar-refractivity contribution in [2.45, 2.75) is 111 Å². The first-order valence-electron chi connectivity index (χ1n) is 11.9. The van der Waals surface area contributed by atoms with E-state index in [2.05, 4.69) is 40.4 Å². The topological polar surface area (TPSA) is 9.23 Å². The van der Waals surface area contributed by atoms with Crippen molar-refractivity contribution in [1.82, 2.24) is 0 Å². The SMILES string of the molecule is CC[C@@H]1CCC2C3CC[C@@H]4CCCC[C@@]4(C)C3[C@H](O[Si](C)(C)C)C[C@]21C. The minimum atomic E-state index is -1.52. The fourth-order valence-corrected chi connectivity index (χ4v) is 9.86. The van der Waals surface area contributed by atoms with Crippen LogP contribution in [0.2, 0.25) is 19.6 Å². The number of rotatable bonds is 3. The molecule has 0 aliphatic heterocycles. The summed E-state index contributed by atoms with van der Waals surface area (Å²) in [4.78, 5) is 0. The molecule has 4 rings (SSSR count). The van der Waals surface area contributed by atoms with Crippen molar-refractivity contribution in [1.29, 1.82) is 0 Å². The number of fused-ring (bicyclic) bond motifs is 5. The Labute approximate surface area is 164 Å². The van der Waals surface area contributed by atoms with E-state index in [0.29, 0.717) is 16.9 Å². The van der Waals surface area contributed by atoms with E-state index in [0.717, 1.165) is 29.6 Å². The quantitative estimate of drug-likeness (QED) is 0.470. The predicted molar refractivity (Wildman–Crippen MR) is 114 cm³/mol. The summed E-state index contributed by atoms with van der Waals surface area (Å²) in [7, 11) is -1.52. The van der Waals surface area contributed by atoms with Crippen molar-refractivity contribution in [3.63, 3.8) is 0 Å². The fourth-order valence-electron chi connectivity index (χ4n) is 8.72. The number of hydrogen-bond acceptors (Lipinski definition) is 1. The van der Waals surface area contributed by atoms with E-state index in [1.54, 1.807) is 0 Å². The van der Waals surface area contributed by atoms with E-state index in [-0.39, 0.29) is 0 Å². The highest BCUT2D eigenvalue weighted by atomic mass is 28.4. The third-order valence-electron chi connectivity index (χ3n) is 9.68. The van der Waals surface area contributed by atoms with Gasteiger partial charge in [0.2, 0.25) is 0 Å². The highest BCUT2D eigenvalue weighted by Crippen LogP contribution is 2.68. The lowest BCUT2D eigenvalue weighted by atomic mass is 9.44. The molecule has 0 aromatic rings. The first kappa shape index (κ1) is 19.5. The van der Waals surface area contributed by atoms with Gasteiger partial charge in [-0.15, -0.1) is 0 Å². The monoisotopic (exact) mass is 376 g/mol. The van der Waals surface area contributed by atoms with E-state index >= 15 is 0 Å². The third-order valence-corrected chi connectivity index (χ3v) is 10.7. The molecule has 150 valence electrons. The molecule has 0 N–H and O–H groups in total. The van der Waals surface area contributed by atoms with Gasteiger partial charge in [0.1, 0.15) is 0 Å². The highest BCUT2D eigenvalue weighted by molar-refractivity contribution is 6.69. The van der Waals surface area contributed by atoms with Gasteiger partial charge in [0.05, 0.1) is 0 Å². The van der Waals surface area contributed by atoms with Crippen LogP contribution in [0.4, 0.5) is 0 Å². The van der Waals surface area contributed by atoms with Gasteiger partial charge in [0.25, 0.3) is 0 Å². The van der Waals surface area contributed by atoms with Crippen LogP contribution in [0.15, 0.2) is 0 Å². The fraction of sp³-hybridized carbons (Fsp3) is 1.00. The molecule has 2 heteroatoms. The second-order valence-electron chi connectivity index (χ2n) is 12.0. The Kier molecular flexibility index (Phi) is 4.96. The lowest BCUT2D eigenvalue weighted by molar-refractivity contribution is -0.163. The van der Waals surface area contributed by atoms with Gasteiger partial charge in [-0.25, -0.2) is 0 Å². The molecule has 4 saturated carbocycles. The molecule has 4 aliphatic carbocycles. The molecule has 0 bridgehead atoms. The van der Waals surface area contributed by atoms with E-state index < -0.39 is 8.32 Å². The van der Waals surface area contributed by atoms with Crippen molar-refractivity contribution in [3.8, 4) is 0 Å². The molecule has 4 aliphatic rings. The Morgan fingerprint density at radius 2 is 1.69 bits per heavy atom. The molecular weight excluding hydrogens is 332 g/mol. The molecule has 0 saturated heterocycles. The van der Waals surface area contributed by atoms with Gasteiger partial charge in [-0.1, -0.05) is 40.0 Å². The minimum Gasteiger partial charge on any atom is -0.414 e. The summed E-state index contributed by atoms with van der Waals surface area (Å²) < 4.78 is 7.07. The Bertz CT molecular complexity index is 525. The van der Waals surface area contributed by atoms with Gasteiger partial charge in [0.15, 0.2) is 8.32 Å². The lowest BCUT2D eigenvalue weighted by Crippen LogP contribution is -2.60. The summed E-state index contributed by atoms with van der Waals surface area (Å²) in [6.45, 7) is 15.1. The van der Waals surface area contributed by atoms with Gasteiger partial charge in [-0.05, 0) is 105 Å². The van der Waals surface area contributed by atoms with Crippen LogP contribution in [0.3, 0.4) is 0 Å². The van der Waals surface area contributed by atoms with Crippen LogP contribution in [0.1, 0.15) is 85.0 Å². The second kappa shape index (κ2) is 6.61. The molecule has 0 spiro atoms. The van der Waals surface area contributed by atoms with Gasteiger partial charge in [0, 0.05) is 6.10 Å². The summed E-state index contributed by atoms with van der Waals surface area (Å²) in [6, 6.07) is 0. The molecular formula is C24H44OSi. The third kappa shape index (κ3) is 2.97. The van der Waals surface area contributed by atoms with E-state index in [4.69, 9.17) is 4.43 Å². The average Bonchev–Trinajstić information content (AvgIpc) is 2.88. The Morgan fingerprint density at radius 1 is 0.923 bits per heavy atom. The van der Waals surface area contributed by atoms with Crippen LogP contribution in [0.25, 0.3) is 0 Å². The Balaban J connectivity index is 1.72. The molecule has 1 nitrogen and oxygen atoms in total. The molecule has 8 atom stereocenters. The largest absolute Gasteiger partial charge is 0.414 e. The highest BCUT2D eigenvalue weighted by Gasteiger charge is 2.62. The van der Waals surface area contributed by atoms with Crippen molar-refractivity contribution in [3.05, 3.63) is 0 Å². The maximum absolute atomic E-state index is 7.07. The molecule has 0 heterocycles. The molecule has 0 radical (unpaired) electrons. The zero-order valence-electron chi connectivity index (χ0n) is 18.4. The Morgan fingerprint density at radius 3 is 2.38 bits per heavy atom. The van der Waals surface area contributed by atoms with Gasteiger partial charge in [-0.3, -0.25) is 0 Å². The molecule has 0 aromatic carbocycles. The van der Waals surface area contributed by atoms with Crippen LogP contribution < -0.4 is 0 Å². The average molecular weight is 377 g/mol. The molecule has 0 aromatic heterocycles. The van der Waals surface area contributed by atoms with Crippen molar-refractivity contribution in [2.24, 2.45) is 40.4 Å². The minimum absolute atomic E-state index is 0.547. The summed E-state index contributed by atoms with van der Waals surface area (Å²) in [5.74, 6) is 4.71. The van der Waals surface area contributed by atoms with Crippen molar-refractivity contribution in [2.75, 3.05) is 0 Å². The van der Waals surface area contributed by atoms with Crippen LogP contribution in [-0.2, 0) is 4.43 Å². The van der Waals surface area contributed by atoms with E-state index in [1.165, 1.54) is 64.2 Å². The summed E-state index contributed by atoms with van der Waals surface area (Å²) in [5.41, 5.74) is 1.12. The first-order valence-corrected chi connectivity index (χ1v) is 15.3. The summed E-state index contributed by atoms with van der Waals surface area (Å²) >= 11 is 0. The molecule has 26 heavy (non-hydrogen) atoms. The maximum atomic E-state index is 7.07. The van der Waals surface area contributed by atoms with Crippen molar-refractivity contribution < 1.29 is 4.43 Å². The Hall–Kier alpha value is 0.177. The summed E-state index contributed by atoms with van der Waals surface area (Å²) in [6.07, 6.45) is 15.2. The van der Waals surface area contributed by atoms with E-state index in [1.807, 2.05) is 0 Å². The smallest absolute Gasteiger partial charge is 0.184 e. The van der Waals surface area contributed by atoms with Gasteiger partial charge >= 0.3 is 0 Å². The summed E-state index contributed by atoms with van der Waals surface area (Å²) in [5, 5.41) is 0. The zero-order valence-corrected chi connectivity index (χ0v) is 19.4.